The van der Waals surface area contributed by atoms with Crippen molar-refractivity contribution in [3.8, 4) is 11.3 Å². The van der Waals surface area contributed by atoms with Gasteiger partial charge >= 0.3 is 5.92 Å². The second kappa shape index (κ2) is 7.73. The highest BCUT2D eigenvalue weighted by atomic mass is 19.3. The van der Waals surface area contributed by atoms with Gasteiger partial charge in [-0.1, -0.05) is 0 Å². The van der Waals surface area contributed by atoms with Crippen molar-refractivity contribution in [2.75, 3.05) is 17.2 Å². The monoisotopic (exact) mass is 402 g/mol. The lowest BCUT2D eigenvalue weighted by Gasteiger charge is -2.13. The molecule has 3 aromatic rings. The van der Waals surface area contributed by atoms with Crippen LogP contribution in [0.4, 0.5) is 20.4 Å². The van der Waals surface area contributed by atoms with Gasteiger partial charge < -0.3 is 15.2 Å². The maximum Gasteiger partial charge on any atom is 0.303 e. The van der Waals surface area contributed by atoms with E-state index in [9.17, 15) is 13.6 Å². The number of amides is 1. The third kappa shape index (κ3) is 4.33. The van der Waals surface area contributed by atoms with E-state index >= 15 is 0 Å². The number of nitrogens with one attached hydrogen (secondary N) is 2. The Kier molecular flexibility index (Phi) is 5.50. The number of nitrogens with zero attached hydrogens (tertiary/aromatic N) is 4. The minimum absolute atomic E-state index is 0.113. The molecule has 0 saturated carbocycles. The third-order valence-corrected chi connectivity index (χ3v) is 4.33. The first-order chi connectivity index (χ1) is 13.6. The molecule has 0 unspecified atom stereocenters. The minimum atomic E-state index is -3.18. The molecule has 3 heterocycles. The van der Waals surface area contributed by atoms with Crippen LogP contribution in [-0.4, -0.2) is 32.0 Å². The van der Waals surface area contributed by atoms with Gasteiger partial charge in [-0.25, -0.2) is 15.0 Å². The van der Waals surface area contributed by atoms with Gasteiger partial charge in [0.15, 0.2) is 0 Å². The number of rotatable bonds is 6. The van der Waals surface area contributed by atoms with E-state index in [0.29, 0.717) is 29.4 Å². The van der Waals surface area contributed by atoms with Crippen molar-refractivity contribution >= 4 is 28.4 Å². The highest BCUT2D eigenvalue weighted by Crippen LogP contribution is 2.35. The van der Waals surface area contributed by atoms with E-state index in [1.54, 1.807) is 18.3 Å². The zero-order valence-corrected chi connectivity index (χ0v) is 17.0. The number of halogens is 2. The average Bonchev–Trinajstić information content (AvgIpc) is 2.99. The summed E-state index contributed by atoms with van der Waals surface area (Å²) in [4.78, 5) is 23.8. The maximum absolute atomic E-state index is 14.0. The molecule has 3 rings (SSSR count). The summed E-state index contributed by atoms with van der Waals surface area (Å²) in [6.07, 6.45) is 3.52. The number of carbonyl (C=O) groups excluding carboxylic acids is 1. The molecular formula is C20H24F2N6O. The number of aromatic nitrogens is 4. The number of hydrogen-bond donors (Lipinski definition) is 2. The van der Waals surface area contributed by atoms with Crippen LogP contribution in [0.2, 0.25) is 0 Å². The zero-order chi connectivity index (χ0) is 21.3. The number of carbonyl (C=O) groups is 1. The smallest absolute Gasteiger partial charge is 0.303 e. The molecular weight excluding hydrogens is 378 g/mol. The first-order valence-electron chi connectivity index (χ1n) is 9.40. The van der Waals surface area contributed by atoms with Gasteiger partial charge in [-0.15, -0.1) is 0 Å². The van der Waals surface area contributed by atoms with Crippen LogP contribution >= 0.6 is 0 Å². The van der Waals surface area contributed by atoms with Crippen molar-refractivity contribution < 1.29 is 13.6 Å². The van der Waals surface area contributed by atoms with Crippen LogP contribution in [0, 0.1) is 0 Å². The average molecular weight is 402 g/mol. The molecule has 0 aliphatic rings. The predicted molar refractivity (Wildman–Crippen MR) is 109 cm³/mol. The van der Waals surface area contributed by atoms with Crippen LogP contribution < -0.4 is 10.6 Å². The summed E-state index contributed by atoms with van der Waals surface area (Å²) in [5, 5.41) is 6.40. The van der Waals surface area contributed by atoms with Gasteiger partial charge in [-0.05, 0) is 26.8 Å². The first kappa shape index (κ1) is 20.6. The van der Waals surface area contributed by atoms with E-state index in [-0.39, 0.29) is 11.9 Å². The van der Waals surface area contributed by atoms with Crippen molar-refractivity contribution in [3.05, 3.63) is 30.4 Å². The van der Waals surface area contributed by atoms with Gasteiger partial charge in [-0.2, -0.15) is 8.78 Å². The second-order valence-corrected chi connectivity index (χ2v) is 7.19. The standard InChI is InChI=1S/C20H24F2N6O/c1-6-23-18-8-15(26-19(27-18)20(5,21)22)14-10-28(11(2)3)16-9-24-17(7-13(14)16)25-12(4)29/h7-11H,6H2,1-5H3,(H,23,26,27)(H,24,25,29). The molecule has 7 nitrogen and oxygen atoms in total. The highest BCUT2D eigenvalue weighted by Gasteiger charge is 2.30. The second-order valence-electron chi connectivity index (χ2n) is 7.19. The Hall–Kier alpha value is -3.10. The molecule has 0 aliphatic carbocycles. The van der Waals surface area contributed by atoms with Gasteiger partial charge in [0.05, 0.1) is 17.4 Å². The van der Waals surface area contributed by atoms with E-state index in [0.717, 1.165) is 17.8 Å². The number of alkyl halides is 2. The number of pyridine rings is 1. The Labute approximate surface area is 167 Å². The zero-order valence-electron chi connectivity index (χ0n) is 17.0. The van der Waals surface area contributed by atoms with Crippen LogP contribution in [0.1, 0.15) is 46.5 Å². The van der Waals surface area contributed by atoms with E-state index in [1.165, 1.54) is 6.92 Å². The maximum atomic E-state index is 14.0. The molecule has 154 valence electrons. The van der Waals surface area contributed by atoms with Crippen LogP contribution in [0.5, 0.6) is 0 Å². The molecule has 0 aromatic carbocycles. The number of fused-ring (bicyclic) bond motifs is 1. The van der Waals surface area contributed by atoms with E-state index in [1.807, 2.05) is 31.5 Å². The molecule has 0 saturated heterocycles. The molecule has 3 aromatic heterocycles. The lowest BCUT2D eigenvalue weighted by atomic mass is 10.1. The van der Waals surface area contributed by atoms with Crippen LogP contribution in [-0.2, 0) is 10.7 Å². The predicted octanol–water partition coefficient (Wildman–Crippen LogP) is 4.58. The van der Waals surface area contributed by atoms with Gasteiger partial charge in [0, 0.05) is 49.6 Å². The van der Waals surface area contributed by atoms with Gasteiger partial charge in [0.2, 0.25) is 11.7 Å². The molecule has 0 spiro atoms. The fraction of sp³-hybridized carbons (Fsp3) is 0.400. The quantitative estimate of drug-likeness (QED) is 0.631. The fourth-order valence-corrected chi connectivity index (χ4v) is 3.08. The lowest BCUT2D eigenvalue weighted by molar-refractivity contribution is -0.114. The van der Waals surface area contributed by atoms with Crippen LogP contribution in [0.3, 0.4) is 0 Å². The Morgan fingerprint density at radius 2 is 1.97 bits per heavy atom. The summed E-state index contributed by atoms with van der Waals surface area (Å²) in [7, 11) is 0. The van der Waals surface area contributed by atoms with Gasteiger partial charge in [-0.3, -0.25) is 4.79 Å². The topological polar surface area (TPSA) is 84.7 Å². The molecule has 0 fully saturated rings. The lowest BCUT2D eigenvalue weighted by Crippen LogP contribution is -2.15. The normalized spacial score (nSPS) is 11.9. The minimum Gasteiger partial charge on any atom is -0.370 e. The molecule has 0 aliphatic heterocycles. The first-order valence-corrected chi connectivity index (χ1v) is 9.40. The molecule has 9 heteroatoms. The number of anilines is 2. The Morgan fingerprint density at radius 3 is 2.55 bits per heavy atom. The summed E-state index contributed by atoms with van der Waals surface area (Å²) in [5.41, 5.74) is 1.85. The molecule has 0 radical (unpaired) electrons. The fourth-order valence-electron chi connectivity index (χ4n) is 3.08. The largest absolute Gasteiger partial charge is 0.370 e. The molecule has 0 bridgehead atoms. The highest BCUT2D eigenvalue weighted by molar-refractivity contribution is 5.98. The van der Waals surface area contributed by atoms with Crippen molar-refractivity contribution in [1.29, 1.82) is 0 Å². The van der Waals surface area contributed by atoms with Gasteiger partial charge in [0.25, 0.3) is 0 Å². The van der Waals surface area contributed by atoms with Crippen LogP contribution in [0.15, 0.2) is 24.5 Å². The summed E-state index contributed by atoms with van der Waals surface area (Å²) in [5.74, 6) is -3.26. The molecule has 29 heavy (non-hydrogen) atoms. The Morgan fingerprint density at radius 1 is 1.24 bits per heavy atom. The summed E-state index contributed by atoms with van der Waals surface area (Å²) in [6.45, 7) is 8.60. The molecule has 0 atom stereocenters. The van der Waals surface area contributed by atoms with Crippen LogP contribution in [0.25, 0.3) is 22.2 Å². The van der Waals surface area contributed by atoms with Gasteiger partial charge in [0.1, 0.15) is 11.6 Å². The summed E-state index contributed by atoms with van der Waals surface area (Å²) >= 11 is 0. The van der Waals surface area contributed by atoms with Crippen molar-refractivity contribution in [3.63, 3.8) is 0 Å². The summed E-state index contributed by atoms with van der Waals surface area (Å²) in [6, 6.07) is 3.49. The van der Waals surface area contributed by atoms with Crippen molar-refractivity contribution in [2.45, 2.75) is 46.6 Å². The molecule has 2 N–H and O–H groups in total. The number of hydrogen-bond acceptors (Lipinski definition) is 5. The Bertz CT molecular complexity index is 1060. The van der Waals surface area contributed by atoms with Crippen molar-refractivity contribution in [1.82, 2.24) is 19.5 Å². The van der Waals surface area contributed by atoms with E-state index in [4.69, 9.17) is 0 Å². The van der Waals surface area contributed by atoms with E-state index in [2.05, 4.69) is 25.6 Å². The third-order valence-electron chi connectivity index (χ3n) is 4.33. The molecule has 1 amide bonds. The van der Waals surface area contributed by atoms with Crippen molar-refractivity contribution in [2.24, 2.45) is 0 Å². The van der Waals surface area contributed by atoms with E-state index < -0.39 is 11.7 Å². The Balaban J connectivity index is 2.27. The summed E-state index contributed by atoms with van der Waals surface area (Å²) < 4.78 is 30.0. The SMILES string of the molecule is CCNc1cc(-c2cn(C(C)C)c3cnc(NC(C)=O)cc23)nc(C(C)(F)F)n1.